The van der Waals surface area contributed by atoms with Crippen LogP contribution in [0.25, 0.3) is 0 Å². The van der Waals surface area contributed by atoms with Gasteiger partial charge in [-0.3, -0.25) is 14.3 Å². The first-order valence-electron chi connectivity index (χ1n) is 6.56. The SMILES string of the molecule is O=C(O)CNC(=O)c1ccc(NS(=O)(=O)c2ccccc2)cc1. The Labute approximate surface area is 133 Å². The summed E-state index contributed by atoms with van der Waals surface area (Å²) >= 11 is 0. The van der Waals surface area contributed by atoms with E-state index in [0.717, 1.165) is 0 Å². The highest BCUT2D eigenvalue weighted by molar-refractivity contribution is 7.92. The van der Waals surface area contributed by atoms with E-state index in [2.05, 4.69) is 10.0 Å². The highest BCUT2D eigenvalue weighted by Crippen LogP contribution is 2.16. The Balaban J connectivity index is 2.08. The molecule has 0 fully saturated rings. The molecule has 0 atom stereocenters. The monoisotopic (exact) mass is 334 g/mol. The molecule has 0 spiro atoms. The number of hydrogen-bond acceptors (Lipinski definition) is 4. The number of carbonyl (C=O) groups is 2. The number of rotatable bonds is 6. The first kappa shape index (κ1) is 16.5. The third-order valence-electron chi connectivity index (χ3n) is 2.85. The summed E-state index contributed by atoms with van der Waals surface area (Å²) in [4.78, 5) is 22.2. The number of sulfonamides is 1. The fourth-order valence-electron chi connectivity index (χ4n) is 1.76. The van der Waals surface area contributed by atoms with Crippen molar-refractivity contribution in [1.82, 2.24) is 5.32 Å². The molecule has 1 amide bonds. The molecule has 23 heavy (non-hydrogen) atoms. The van der Waals surface area contributed by atoms with Crippen LogP contribution in [0.3, 0.4) is 0 Å². The average molecular weight is 334 g/mol. The maximum atomic E-state index is 12.1. The molecule has 0 bridgehead atoms. The van der Waals surface area contributed by atoms with Crippen molar-refractivity contribution in [2.24, 2.45) is 0 Å². The van der Waals surface area contributed by atoms with Crippen molar-refractivity contribution in [2.75, 3.05) is 11.3 Å². The van der Waals surface area contributed by atoms with Gasteiger partial charge in [0, 0.05) is 11.3 Å². The van der Waals surface area contributed by atoms with Gasteiger partial charge in [0.1, 0.15) is 6.54 Å². The normalized spacial score (nSPS) is 10.8. The molecule has 7 nitrogen and oxygen atoms in total. The first-order valence-corrected chi connectivity index (χ1v) is 8.05. The Bertz CT molecular complexity index is 802. The topological polar surface area (TPSA) is 113 Å². The van der Waals surface area contributed by atoms with Crippen molar-refractivity contribution in [1.29, 1.82) is 0 Å². The maximum absolute atomic E-state index is 12.1. The largest absolute Gasteiger partial charge is 0.480 e. The molecule has 2 aromatic carbocycles. The van der Waals surface area contributed by atoms with Gasteiger partial charge >= 0.3 is 5.97 Å². The molecule has 0 heterocycles. The average Bonchev–Trinajstić information content (AvgIpc) is 2.54. The van der Waals surface area contributed by atoms with Crippen LogP contribution in [0.1, 0.15) is 10.4 Å². The number of anilines is 1. The lowest BCUT2D eigenvalue weighted by Crippen LogP contribution is -2.29. The summed E-state index contributed by atoms with van der Waals surface area (Å²) in [5.41, 5.74) is 0.526. The number of benzene rings is 2. The van der Waals surface area contributed by atoms with Crippen LogP contribution in [0.15, 0.2) is 59.5 Å². The zero-order valence-electron chi connectivity index (χ0n) is 11.9. The molecule has 0 aromatic heterocycles. The van der Waals surface area contributed by atoms with Crippen LogP contribution in [0.2, 0.25) is 0 Å². The number of hydrogen-bond donors (Lipinski definition) is 3. The Morgan fingerprint density at radius 1 is 0.957 bits per heavy atom. The van der Waals surface area contributed by atoms with Crippen LogP contribution in [0.4, 0.5) is 5.69 Å². The first-order chi connectivity index (χ1) is 10.9. The fourth-order valence-corrected chi connectivity index (χ4v) is 2.84. The minimum atomic E-state index is -3.70. The maximum Gasteiger partial charge on any atom is 0.322 e. The van der Waals surface area contributed by atoms with Crippen LogP contribution in [-0.4, -0.2) is 31.9 Å². The Morgan fingerprint density at radius 3 is 2.13 bits per heavy atom. The van der Waals surface area contributed by atoms with E-state index in [4.69, 9.17) is 5.11 Å². The van der Waals surface area contributed by atoms with Crippen LogP contribution in [0, 0.1) is 0 Å². The van der Waals surface area contributed by atoms with Crippen LogP contribution in [0.5, 0.6) is 0 Å². The lowest BCUT2D eigenvalue weighted by molar-refractivity contribution is -0.135. The fraction of sp³-hybridized carbons (Fsp3) is 0.0667. The molecule has 3 N–H and O–H groups in total. The van der Waals surface area contributed by atoms with E-state index in [1.807, 2.05) is 0 Å². The molecule has 0 saturated carbocycles. The molecular formula is C15H14N2O5S. The molecular weight excluding hydrogens is 320 g/mol. The third kappa shape index (κ3) is 4.55. The van der Waals surface area contributed by atoms with Gasteiger partial charge in [-0.25, -0.2) is 8.42 Å². The summed E-state index contributed by atoms with van der Waals surface area (Å²) in [5.74, 6) is -1.70. The quantitative estimate of drug-likeness (QED) is 0.737. The van der Waals surface area contributed by atoms with Crippen LogP contribution >= 0.6 is 0 Å². The predicted octanol–water partition coefficient (Wildman–Crippen LogP) is 1.30. The van der Waals surface area contributed by atoms with Crippen LogP contribution < -0.4 is 10.0 Å². The number of aliphatic carboxylic acids is 1. The zero-order chi connectivity index (χ0) is 16.9. The van der Waals surface area contributed by atoms with Crippen LogP contribution in [-0.2, 0) is 14.8 Å². The smallest absolute Gasteiger partial charge is 0.322 e. The van der Waals surface area contributed by atoms with Crippen molar-refractivity contribution in [3.63, 3.8) is 0 Å². The van der Waals surface area contributed by atoms with Crippen molar-refractivity contribution in [3.05, 3.63) is 60.2 Å². The third-order valence-corrected chi connectivity index (χ3v) is 4.25. The predicted molar refractivity (Wildman–Crippen MR) is 83.7 cm³/mol. The lowest BCUT2D eigenvalue weighted by Gasteiger charge is -2.08. The van der Waals surface area contributed by atoms with E-state index in [-0.39, 0.29) is 10.5 Å². The summed E-state index contributed by atoms with van der Waals surface area (Å²) in [7, 11) is -3.70. The highest BCUT2D eigenvalue weighted by atomic mass is 32.2. The van der Waals surface area contributed by atoms with Crippen molar-refractivity contribution < 1.29 is 23.1 Å². The van der Waals surface area contributed by atoms with Gasteiger partial charge in [0.2, 0.25) is 0 Å². The van der Waals surface area contributed by atoms with Gasteiger partial charge in [0.25, 0.3) is 15.9 Å². The molecule has 0 unspecified atom stereocenters. The van der Waals surface area contributed by atoms with Crippen molar-refractivity contribution in [3.8, 4) is 0 Å². The highest BCUT2D eigenvalue weighted by Gasteiger charge is 2.14. The summed E-state index contributed by atoms with van der Waals surface area (Å²) in [5, 5.41) is 10.7. The Kier molecular flexibility index (Phi) is 4.97. The second-order valence-electron chi connectivity index (χ2n) is 4.57. The summed E-state index contributed by atoms with van der Waals surface area (Å²) < 4.78 is 26.7. The summed E-state index contributed by atoms with van der Waals surface area (Å²) in [6.45, 7) is -0.485. The van der Waals surface area contributed by atoms with Gasteiger partial charge in [0.05, 0.1) is 4.90 Å². The van der Waals surface area contributed by atoms with Crippen molar-refractivity contribution >= 4 is 27.6 Å². The minimum Gasteiger partial charge on any atom is -0.480 e. The van der Waals surface area contributed by atoms with Gasteiger partial charge in [-0.15, -0.1) is 0 Å². The molecule has 2 aromatic rings. The van der Waals surface area contributed by atoms with E-state index in [1.54, 1.807) is 18.2 Å². The number of carboxylic acids is 1. The number of carboxylic acid groups (broad SMARTS) is 1. The van der Waals surface area contributed by atoms with E-state index >= 15 is 0 Å². The van der Waals surface area contributed by atoms with E-state index in [9.17, 15) is 18.0 Å². The van der Waals surface area contributed by atoms with Gasteiger partial charge in [0.15, 0.2) is 0 Å². The molecule has 0 aliphatic carbocycles. The molecule has 0 aliphatic heterocycles. The molecule has 0 radical (unpaired) electrons. The molecule has 120 valence electrons. The molecule has 2 rings (SSSR count). The van der Waals surface area contributed by atoms with E-state index in [0.29, 0.717) is 5.69 Å². The number of nitrogens with one attached hydrogen (secondary N) is 2. The second-order valence-corrected chi connectivity index (χ2v) is 6.25. The second kappa shape index (κ2) is 6.93. The van der Waals surface area contributed by atoms with Gasteiger partial charge in [-0.2, -0.15) is 0 Å². The summed E-state index contributed by atoms with van der Waals surface area (Å²) in [6, 6.07) is 13.5. The summed E-state index contributed by atoms with van der Waals surface area (Å²) in [6.07, 6.45) is 0. The van der Waals surface area contributed by atoms with Gasteiger partial charge < -0.3 is 10.4 Å². The lowest BCUT2D eigenvalue weighted by atomic mass is 10.2. The standard InChI is InChI=1S/C15H14N2O5S/c18-14(19)10-16-15(20)11-6-8-12(9-7-11)17-23(21,22)13-4-2-1-3-5-13/h1-9,17H,10H2,(H,16,20)(H,18,19). The number of amides is 1. The number of carbonyl (C=O) groups excluding carboxylic acids is 1. The molecule has 8 heteroatoms. The molecule has 0 saturated heterocycles. The Hall–Kier alpha value is -2.87. The zero-order valence-corrected chi connectivity index (χ0v) is 12.7. The molecule has 0 aliphatic rings. The Morgan fingerprint density at radius 2 is 1.57 bits per heavy atom. The minimum absolute atomic E-state index is 0.128. The van der Waals surface area contributed by atoms with Gasteiger partial charge in [-0.1, -0.05) is 18.2 Å². The van der Waals surface area contributed by atoms with Crippen molar-refractivity contribution in [2.45, 2.75) is 4.90 Å². The van der Waals surface area contributed by atoms with E-state index in [1.165, 1.54) is 36.4 Å². The van der Waals surface area contributed by atoms with Gasteiger partial charge in [-0.05, 0) is 36.4 Å². The van der Waals surface area contributed by atoms with E-state index < -0.39 is 28.4 Å².